The number of rotatable bonds is 7. The molecule has 1 aromatic heterocycles. The van der Waals surface area contributed by atoms with Crippen LogP contribution in [0.2, 0.25) is 5.02 Å². The summed E-state index contributed by atoms with van der Waals surface area (Å²) in [5.74, 6) is -0.558. The second-order valence-electron chi connectivity index (χ2n) is 5.84. The number of methoxy groups -OCH3 is 1. The molecular weight excluding hydrogens is 412 g/mol. The highest BCUT2D eigenvalue weighted by Gasteiger charge is 2.23. The first-order chi connectivity index (χ1) is 13.9. The molecule has 0 N–H and O–H groups in total. The minimum Gasteiger partial charge on any atom is -0.496 e. The Bertz CT molecular complexity index is 1070. The Labute approximate surface area is 177 Å². The molecular formula is C21H17ClN2O4S. The summed E-state index contributed by atoms with van der Waals surface area (Å²) < 4.78 is 10.2. The maximum absolute atomic E-state index is 12.7. The van der Waals surface area contributed by atoms with Gasteiger partial charge in [-0.15, -0.1) is 11.3 Å². The van der Waals surface area contributed by atoms with Gasteiger partial charge in [-0.3, -0.25) is 4.79 Å². The molecule has 0 unspecified atom stereocenters. The van der Waals surface area contributed by atoms with Crippen LogP contribution < -0.4 is 4.74 Å². The molecule has 0 aliphatic rings. The van der Waals surface area contributed by atoms with E-state index in [0.717, 1.165) is 11.3 Å². The molecule has 0 saturated heterocycles. The van der Waals surface area contributed by atoms with Crippen molar-refractivity contribution in [3.63, 3.8) is 0 Å². The molecule has 0 amide bonds. The maximum Gasteiger partial charge on any atom is 0.348 e. The third-order valence-corrected chi connectivity index (χ3v) is 5.53. The lowest BCUT2D eigenvalue weighted by Crippen LogP contribution is -2.05. The molecule has 0 bridgehead atoms. The number of halogens is 1. The van der Waals surface area contributed by atoms with Gasteiger partial charge in [0.1, 0.15) is 22.8 Å². The first-order valence-corrected chi connectivity index (χ1v) is 9.73. The number of esters is 1. The van der Waals surface area contributed by atoms with Crippen LogP contribution in [0.5, 0.6) is 5.75 Å². The standard InChI is InChI=1S/C21H17ClN2O4S/c1-4-28-21(26)20-12(2)16(11-24)19(29-20)9-17(25)14(10-23)7-13-8-15(22)5-6-18(13)27-3/h5-8H,4,9H2,1-3H3/b14-7+. The Balaban J connectivity index is 2.40. The summed E-state index contributed by atoms with van der Waals surface area (Å²) in [6.45, 7) is 3.52. The first kappa shape index (κ1) is 22.2. The van der Waals surface area contributed by atoms with Crippen molar-refractivity contribution in [1.29, 1.82) is 10.5 Å². The quantitative estimate of drug-likeness (QED) is 0.366. The van der Waals surface area contributed by atoms with Gasteiger partial charge in [0.2, 0.25) is 0 Å². The van der Waals surface area contributed by atoms with E-state index < -0.39 is 11.8 Å². The van der Waals surface area contributed by atoms with E-state index in [0.29, 0.717) is 26.8 Å². The normalized spacial score (nSPS) is 10.8. The molecule has 0 aliphatic carbocycles. The van der Waals surface area contributed by atoms with Gasteiger partial charge in [0.15, 0.2) is 5.78 Å². The zero-order valence-corrected chi connectivity index (χ0v) is 17.6. The molecule has 148 valence electrons. The van der Waals surface area contributed by atoms with Crippen LogP contribution in [0.1, 0.15) is 38.2 Å². The summed E-state index contributed by atoms with van der Waals surface area (Å²) in [7, 11) is 1.47. The summed E-state index contributed by atoms with van der Waals surface area (Å²) in [4.78, 5) is 25.5. The molecule has 1 aromatic carbocycles. The number of Topliss-reactive ketones (excluding diaryl/α,β-unsaturated/α-hetero) is 1. The van der Waals surface area contributed by atoms with Crippen LogP contribution in [0.4, 0.5) is 0 Å². The van der Waals surface area contributed by atoms with Gasteiger partial charge in [-0.1, -0.05) is 11.6 Å². The van der Waals surface area contributed by atoms with Gasteiger partial charge in [-0.05, 0) is 43.7 Å². The van der Waals surface area contributed by atoms with Gasteiger partial charge < -0.3 is 9.47 Å². The number of hydrogen-bond acceptors (Lipinski definition) is 7. The van der Waals surface area contributed by atoms with Gasteiger partial charge in [0, 0.05) is 21.9 Å². The van der Waals surface area contributed by atoms with E-state index in [1.165, 1.54) is 13.2 Å². The van der Waals surface area contributed by atoms with Crippen LogP contribution >= 0.6 is 22.9 Å². The fourth-order valence-electron chi connectivity index (χ4n) is 2.63. The third-order valence-electron chi connectivity index (χ3n) is 4.03. The van der Waals surface area contributed by atoms with Crippen molar-refractivity contribution in [3.8, 4) is 17.9 Å². The van der Waals surface area contributed by atoms with Gasteiger partial charge in [0.05, 0.1) is 24.9 Å². The molecule has 1 heterocycles. The van der Waals surface area contributed by atoms with Gasteiger partial charge >= 0.3 is 5.97 Å². The molecule has 8 heteroatoms. The Morgan fingerprint density at radius 1 is 1.31 bits per heavy atom. The van der Waals surface area contributed by atoms with E-state index >= 15 is 0 Å². The van der Waals surface area contributed by atoms with Crippen molar-refractivity contribution in [2.45, 2.75) is 20.3 Å². The Hall–Kier alpha value is -3.13. The zero-order valence-electron chi connectivity index (χ0n) is 16.0. The number of thiophene rings is 1. The monoisotopic (exact) mass is 428 g/mol. The van der Waals surface area contributed by atoms with Crippen molar-refractivity contribution in [2.75, 3.05) is 13.7 Å². The summed E-state index contributed by atoms with van der Waals surface area (Å²) >= 11 is 7.03. The third kappa shape index (κ3) is 5.03. The van der Waals surface area contributed by atoms with Crippen molar-refractivity contribution in [3.05, 3.63) is 55.2 Å². The molecule has 0 radical (unpaired) electrons. The summed E-state index contributed by atoms with van der Waals surface area (Å²) in [5.41, 5.74) is 1.10. The van der Waals surface area contributed by atoms with E-state index in [1.54, 1.807) is 32.0 Å². The second-order valence-corrected chi connectivity index (χ2v) is 7.38. The Morgan fingerprint density at radius 2 is 2.03 bits per heavy atom. The highest BCUT2D eigenvalue weighted by molar-refractivity contribution is 7.14. The van der Waals surface area contributed by atoms with E-state index in [4.69, 9.17) is 21.1 Å². The van der Waals surface area contributed by atoms with Crippen LogP contribution in [0.25, 0.3) is 6.08 Å². The zero-order chi connectivity index (χ0) is 21.6. The first-order valence-electron chi connectivity index (χ1n) is 8.54. The van der Waals surface area contributed by atoms with E-state index in [-0.39, 0.29) is 29.0 Å². The minimum absolute atomic E-state index is 0.113. The largest absolute Gasteiger partial charge is 0.496 e. The Kier molecular flexibility index (Phi) is 7.55. The second kappa shape index (κ2) is 9.88. The van der Waals surface area contributed by atoms with Gasteiger partial charge in [0.25, 0.3) is 0 Å². The lowest BCUT2D eigenvalue weighted by atomic mass is 10.0. The molecule has 2 rings (SSSR count). The minimum atomic E-state index is -0.537. The number of nitrogens with zero attached hydrogens (tertiary/aromatic N) is 2. The van der Waals surface area contributed by atoms with Crippen LogP contribution in [0.15, 0.2) is 23.8 Å². The van der Waals surface area contributed by atoms with Crippen molar-refractivity contribution < 1.29 is 19.1 Å². The summed E-state index contributed by atoms with van der Waals surface area (Å²) in [6.07, 6.45) is 1.21. The molecule has 29 heavy (non-hydrogen) atoms. The van der Waals surface area contributed by atoms with E-state index in [1.807, 2.05) is 12.1 Å². The van der Waals surface area contributed by atoms with Gasteiger partial charge in [-0.2, -0.15) is 10.5 Å². The molecule has 0 spiro atoms. The molecule has 0 atom stereocenters. The lowest BCUT2D eigenvalue weighted by Gasteiger charge is -2.06. The summed E-state index contributed by atoms with van der Waals surface area (Å²) in [5, 5.41) is 19.3. The number of carbonyl (C=O) groups is 2. The SMILES string of the molecule is CCOC(=O)c1sc(CC(=O)/C(C#N)=C/c2cc(Cl)ccc2OC)c(C#N)c1C. The molecule has 2 aromatic rings. The van der Waals surface area contributed by atoms with Crippen molar-refractivity contribution in [1.82, 2.24) is 0 Å². The van der Waals surface area contributed by atoms with Crippen LogP contribution in [-0.4, -0.2) is 25.5 Å². The number of allylic oxidation sites excluding steroid dienone is 1. The Morgan fingerprint density at radius 3 is 2.62 bits per heavy atom. The molecule has 6 nitrogen and oxygen atoms in total. The van der Waals surface area contributed by atoms with Gasteiger partial charge in [-0.25, -0.2) is 4.79 Å². The van der Waals surface area contributed by atoms with Crippen LogP contribution in [-0.2, 0) is 16.0 Å². The number of benzene rings is 1. The molecule has 0 saturated carbocycles. The molecule has 0 aliphatic heterocycles. The highest BCUT2D eigenvalue weighted by Crippen LogP contribution is 2.30. The highest BCUT2D eigenvalue weighted by atomic mass is 35.5. The smallest absolute Gasteiger partial charge is 0.348 e. The summed E-state index contributed by atoms with van der Waals surface area (Å²) in [6, 6.07) is 8.77. The number of carbonyl (C=O) groups excluding carboxylic acids is 2. The fraction of sp³-hybridized carbons (Fsp3) is 0.238. The lowest BCUT2D eigenvalue weighted by molar-refractivity contribution is -0.114. The molecule has 0 fully saturated rings. The van der Waals surface area contributed by atoms with Crippen molar-refractivity contribution >= 4 is 40.8 Å². The predicted octanol–water partition coefficient (Wildman–Crippen LogP) is 4.49. The predicted molar refractivity (Wildman–Crippen MR) is 110 cm³/mol. The number of ether oxygens (including phenoxy) is 2. The number of nitriles is 2. The van der Waals surface area contributed by atoms with E-state index in [9.17, 15) is 20.1 Å². The maximum atomic E-state index is 12.7. The fourth-order valence-corrected chi connectivity index (χ4v) is 3.95. The number of hydrogen-bond donors (Lipinski definition) is 0. The van der Waals surface area contributed by atoms with E-state index in [2.05, 4.69) is 0 Å². The topological polar surface area (TPSA) is 100 Å². The van der Waals surface area contributed by atoms with Crippen LogP contribution in [0, 0.1) is 29.6 Å². The average Bonchev–Trinajstić information content (AvgIpc) is 3.01. The van der Waals surface area contributed by atoms with Crippen molar-refractivity contribution in [2.24, 2.45) is 0 Å². The average molecular weight is 429 g/mol. The number of ketones is 1. The van der Waals surface area contributed by atoms with Crippen LogP contribution in [0.3, 0.4) is 0 Å².